The molecular formula is C21H12N4O. The summed E-state index contributed by atoms with van der Waals surface area (Å²) in [6, 6.07) is 24.3. The smallest absolute Gasteiger partial charge is 0.127 e. The number of aromatic nitrogens is 2. The lowest BCUT2D eigenvalue weighted by Crippen LogP contribution is -1.92. The lowest BCUT2D eigenvalue weighted by molar-refractivity contribution is 0.482. The van der Waals surface area contributed by atoms with Gasteiger partial charge in [-0.3, -0.25) is 4.57 Å². The predicted octanol–water partition coefficient (Wildman–Crippen LogP) is 4.56. The van der Waals surface area contributed by atoms with Gasteiger partial charge in [0.15, 0.2) is 0 Å². The Morgan fingerprint density at radius 3 is 2.04 bits per heavy atom. The molecule has 122 valence electrons. The van der Waals surface area contributed by atoms with Crippen molar-refractivity contribution in [2.45, 2.75) is 0 Å². The van der Waals surface area contributed by atoms with Crippen LogP contribution in [0, 0.1) is 22.7 Å². The molecule has 0 N–H and O–H groups in total. The maximum Gasteiger partial charge on any atom is 0.127 e. The molecule has 0 unspecified atom stereocenters. The monoisotopic (exact) mass is 336 g/mol. The maximum absolute atomic E-state index is 8.99. The number of hydrogen-bond acceptors (Lipinski definition) is 4. The predicted molar refractivity (Wildman–Crippen MR) is 97.0 cm³/mol. The molecule has 0 saturated heterocycles. The molecule has 5 heteroatoms. The van der Waals surface area contributed by atoms with Crippen LogP contribution in [0.25, 0.3) is 16.7 Å². The van der Waals surface area contributed by atoms with Crippen LogP contribution in [-0.2, 0) is 0 Å². The average molecular weight is 336 g/mol. The molecule has 0 radical (unpaired) electrons. The lowest BCUT2D eigenvalue weighted by atomic mass is 10.2. The van der Waals surface area contributed by atoms with E-state index in [1.54, 1.807) is 42.7 Å². The second-order valence-electron chi connectivity index (χ2n) is 5.66. The minimum atomic E-state index is 0.592. The van der Waals surface area contributed by atoms with Crippen LogP contribution in [0.5, 0.6) is 11.5 Å². The Kier molecular flexibility index (Phi) is 3.82. The van der Waals surface area contributed by atoms with Crippen LogP contribution in [0.15, 0.2) is 73.1 Å². The third-order valence-electron chi connectivity index (χ3n) is 4.01. The van der Waals surface area contributed by atoms with Crippen molar-refractivity contribution >= 4 is 11.0 Å². The minimum absolute atomic E-state index is 0.592. The van der Waals surface area contributed by atoms with Gasteiger partial charge in [-0.15, -0.1) is 0 Å². The van der Waals surface area contributed by atoms with Crippen molar-refractivity contribution < 1.29 is 4.74 Å². The zero-order valence-electron chi connectivity index (χ0n) is 13.6. The van der Waals surface area contributed by atoms with Gasteiger partial charge < -0.3 is 4.74 Å². The number of benzene rings is 3. The van der Waals surface area contributed by atoms with Gasteiger partial charge in [-0.05, 0) is 66.7 Å². The number of ether oxygens (including phenoxy) is 1. The first-order chi connectivity index (χ1) is 12.8. The Bertz CT molecular complexity index is 1160. The van der Waals surface area contributed by atoms with Crippen LogP contribution < -0.4 is 4.74 Å². The van der Waals surface area contributed by atoms with E-state index in [0.29, 0.717) is 22.6 Å². The molecule has 3 aromatic carbocycles. The Morgan fingerprint density at radius 2 is 1.38 bits per heavy atom. The fourth-order valence-electron chi connectivity index (χ4n) is 2.70. The Balaban J connectivity index is 1.60. The van der Waals surface area contributed by atoms with Gasteiger partial charge in [0, 0.05) is 5.69 Å². The van der Waals surface area contributed by atoms with Crippen molar-refractivity contribution in [2.24, 2.45) is 0 Å². The van der Waals surface area contributed by atoms with Crippen molar-refractivity contribution in [1.29, 1.82) is 10.5 Å². The molecule has 0 aliphatic heterocycles. The van der Waals surface area contributed by atoms with Crippen LogP contribution in [0.2, 0.25) is 0 Å². The first kappa shape index (κ1) is 15.4. The maximum atomic E-state index is 8.99. The van der Waals surface area contributed by atoms with E-state index in [4.69, 9.17) is 15.3 Å². The second-order valence-corrected chi connectivity index (χ2v) is 5.66. The first-order valence-corrected chi connectivity index (χ1v) is 7.92. The first-order valence-electron chi connectivity index (χ1n) is 7.92. The van der Waals surface area contributed by atoms with E-state index in [-0.39, 0.29) is 0 Å². The average Bonchev–Trinajstić information content (AvgIpc) is 3.12. The molecule has 26 heavy (non-hydrogen) atoms. The van der Waals surface area contributed by atoms with Gasteiger partial charge in [-0.25, -0.2) is 4.98 Å². The summed E-state index contributed by atoms with van der Waals surface area (Å²) in [7, 11) is 0. The summed E-state index contributed by atoms with van der Waals surface area (Å²) in [4.78, 5) is 4.36. The summed E-state index contributed by atoms with van der Waals surface area (Å²) in [5.41, 5.74) is 3.85. The molecule has 0 bridgehead atoms. The summed E-state index contributed by atoms with van der Waals surface area (Å²) in [6.07, 6.45) is 1.74. The summed E-state index contributed by atoms with van der Waals surface area (Å²) in [5, 5.41) is 17.8. The fraction of sp³-hybridized carbons (Fsp3) is 0. The van der Waals surface area contributed by atoms with Crippen LogP contribution >= 0.6 is 0 Å². The second kappa shape index (κ2) is 6.43. The van der Waals surface area contributed by atoms with Crippen molar-refractivity contribution in [3.05, 3.63) is 84.2 Å². The highest BCUT2D eigenvalue weighted by Gasteiger charge is 2.06. The SMILES string of the molecule is N#Cc1ccc(Oc2ccc(-n3cnc4cc(C#N)ccc43)cc2)cc1. The molecule has 0 fully saturated rings. The van der Waals surface area contributed by atoms with Crippen LogP contribution in [0.3, 0.4) is 0 Å². The van der Waals surface area contributed by atoms with E-state index >= 15 is 0 Å². The number of nitriles is 2. The minimum Gasteiger partial charge on any atom is -0.457 e. The summed E-state index contributed by atoms with van der Waals surface area (Å²) in [6.45, 7) is 0. The van der Waals surface area contributed by atoms with Gasteiger partial charge in [0.25, 0.3) is 0 Å². The molecule has 0 aliphatic rings. The van der Waals surface area contributed by atoms with Crippen LogP contribution in [0.4, 0.5) is 0 Å². The molecule has 1 heterocycles. The Morgan fingerprint density at radius 1 is 0.769 bits per heavy atom. The molecular weight excluding hydrogens is 324 g/mol. The van der Waals surface area contributed by atoms with Gasteiger partial charge in [0.1, 0.15) is 17.8 Å². The number of imidazole rings is 1. The highest BCUT2D eigenvalue weighted by Crippen LogP contribution is 2.25. The zero-order valence-corrected chi connectivity index (χ0v) is 13.6. The molecule has 0 spiro atoms. The van der Waals surface area contributed by atoms with Crippen LogP contribution in [0.1, 0.15) is 11.1 Å². The Labute approximate surface area is 149 Å². The van der Waals surface area contributed by atoms with Gasteiger partial charge in [-0.1, -0.05) is 0 Å². The van der Waals surface area contributed by atoms with Crippen molar-refractivity contribution in [2.75, 3.05) is 0 Å². The lowest BCUT2D eigenvalue weighted by Gasteiger charge is -2.08. The molecule has 5 nitrogen and oxygen atoms in total. The summed E-state index contributed by atoms with van der Waals surface area (Å²) < 4.78 is 7.76. The third-order valence-corrected chi connectivity index (χ3v) is 4.01. The number of nitrogens with zero attached hydrogens (tertiary/aromatic N) is 4. The molecule has 0 aliphatic carbocycles. The van der Waals surface area contributed by atoms with Gasteiger partial charge in [0.2, 0.25) is 0 Å². The van der Waals surface area contributed by atoms with E-state index in [1.165, 1.54) is 0 Å². The van der Waals surface area contributed by atoms with Crippen LogP contribution in [-0.4, -0.2) is 9.55 Å². The Hall–Kier alpha value is -4.09. The van der Waals surface area contributed by atoms with Crippen molar-refractivity contribution in [3.8, 4) is 29.3 Å². The van der Waals surface area contributed by atoms with E-state index < -0.39 is 0 Å². The van der Waals surface area contributed by atoms with Gasteiger partial charge >= 0.3 is 0 Å². The molecule has 0 amide bonds. The van der Waals surface area contributed by atoms with E-state index in [0.717, 1.165) is 16.7 Å². The summed E-state index contributed by atoms with van der Waals surface area (Å²) in [5.74, 6) is 1.38. The third kappa shape index (κ3) is 2.86. The zero-order chi connectivity index (χ0) is 17.9. The topological polar surface area (TPSA) is 74.6 Å². The fourth-order valence-corrected chi connectivity index (χ4v) is 2.70. The number of hydrogen-bond donors (Lipinski definition) is 0. The molecule has 0 atom stereocenters. The van der Waals surface area contributed by atoms with Gasteiger partial charge in [0.05, 0.1) is 34.3 Å². The van der Waals surface area contributed by atoms with Gasteiger partial charge in [-0.2, -0.15) is 10.5 Å². The highest BCUT2D eigenvalue weighted by molar-refractivity contribution is 5.78. The molecule has 4 rings (SSSR count). The normalized spacial score (nSPS) is 10.2. The largest absolute Gasteiger partial charge is 0.457 e. The molecule has 0 saturated carbocycles. The van der Waals surface area contributed by atoms with E-state index in [1.807, 2.05) is 34.9 Å². The standard InChI is InChI=1S/C21H12N4O/c22-12-15-1-6-18(7-2-15)26-19-8-4-17(5-9-19)25-14-24-20-11-16(13-23)3-10-21(20)25/h1-11,14H. The highest BCUT2D eigenvalue weighted by atomic mass is 16.5. The van der Waals surface area contributed by atoms with E-state index in [9.17, 15) is 0 Å². The molecule has 1 aromatic heterocycles. The quantitative estimate of drug-likeness (QED) is 0.549. The number of rotatable bonds is 3. The summed E-state index contributed by atoms with van der Waals surface area (Å²) >= 11 is 0. The molecule has 4 aromatic rings. The van der Waals surface area contributed by atoms with Crippen molar-refractivity contribution in [3.63, 3.8) is 0 Å². The van der Waals surface area contributed by atoms with E-state index in [2.05, 4.69) is 17.1 Å². The van der Waals surface area contributed by atoms with Crippen molar-refractivity contribution in [1.82, 2.24) is 9.55 Å². The number of fused-ring (bicyclic) bond motifs is 1.